The first-order chi connectivity index (χ1) is 7.50. The van der Waals surface area contributed by atoms with Gasteiger partial charge in [0, 0.05) is 17.4 Å². The van der Waals surface area contributed by atoms with Crippen LogP contribution >= 0.6 is 0 Å². The minimum absolute atomic E-state index is 0.0493. The second kappa shape index (κ2) is 3.73. The second-order valence-electron chi connectivity index (χ2n) is 5.50. The molecule has 1 aromatic rings. The minimum atomic E-state index is 0.0493. The fourth-order valence-corrected chi connectivity index (χ4v) is 3.29. The molecule has 0 saturated heterocycles. The average Bonchev–Trinajstić information content (AvgIpc) is 2.54. The Bertz CT molecular complexity index is 407. The van der Waals surface area contributed by atoms with Crippen LogP contribution in [0.1, 0.15) is 50.0 Å². The van der Waals surface area contributed by atoms with Gasteiger partial charge in [0.2, 0.25) is 0 Å². The Labute approximate surface area is 97.9 Å². The van der Waals surface area contributed by atoms with E-state index >= 15 is 0 Å². The molecule has 1 nitrogen and oxygen atoms in total. The van der Waals surface area contributed by atoms with Crippen molar-refractivity contribution in [3.8, 4) is 0 Å². The van der Waals surface area contributed by atoms with E-state index in [-0.39, 0.29) is 5.41 Å². The van der Waals surface area contributed by atoms with Crippen LogP contribution in [0.2, 0.25) is 0 Å². The van der Waals surface area contributed by atoms with E-state index in [1.54, 1.807) is 0 Å². The maximum absolute atomic E-state index is 12.1. The maximum atomic E-state index is 12.1. The van der Waals surface area contributed by atoms with Crippen molar-refractivity contribution in [2.24, 2.45) is 11.8 Å². The fraction of sp³-hybridized carbons (Fsp3) is 0.533. The Morgan fingerprint density at radius 2 is 1.62 bits per heavy atom. The van der Waals surface area contributed by atoms with Gasteiger partial charge in [0.1, 0.15) is 0 Å². The Hall–Kier alpha value is -1.11. The predicted octanol–water partition coefficient (Wildman–Crippen LogP) is 3.82. The molecule has 0 amide bonds. The van der Waals surface area contributed by atoms with Crippen molar-refractivity contribution >= 4 is 5.78 Å². The molecule has 0 aromatic heterocycles. The van der Waals surface area contributed by atoms with Crippen LogP contribution in [-0.2, 0) is 5.41 Å². The van der Waals surface area contributed by atoms with E-state index in [0.717, 1.165) is 5.56 Å². The summed E-state index contributed by atoms with van der Waals surface area (Å²) in [7, 11) is 0. The number of carbonyl (C=O) groups excluding carboxylic acids is 1. The van der Waals surface area contributed by atoms with Gasteiger partial charge in [-0.25, -0.2) is 0 Å². The lowest BCUT2D eigenvalue weighted by atomic mass is 9.65. The van der Waals surface area contributed by atoms with Gasteiger partial charge in [-0.2, -0.15) is 0 Å². The fourth-order valence-electron chi connectivity index (χ4n) is 3.29. The van der Waals surface area contributed by atoms with Crippen LogP contribution in [0.5, 0.6) is 0 Å². The summed E-state index contributed by atoms with van der Waals surface area (Å²) in [6.07, 6.45) is 0.682. The van der Waals surface area contributed by atoms with E-state index in [0.29, 0.717) is 24.0 Å². The zero-order valence-corrected chi connectivity index (χ0v) is 10.6. The van der Waals surface area contributed by atoms with Crippen molar-refractivity contribution < 1.29 is 4.79 Å². The number of hydrogen-bond acceptors (Lipinski definition) is 1. The molecule has 1 aliphatic rings. The van der Waals surface area contributed by atoms with Crippen molar-refractivity contribution in [3.63, 3.8) is 0 Å². The quantitative estimate of drug-likeness (QED) is 0.734. The Morgan fingerprint density at radius 1 is 1.06 bits per heavy atom. The molecule has 0 spiro atoms. The van der Waals surface area contributed by atoms with Crippen LogP contribution in [0, 0.1) is 11.8 Å². The van der Waals surface area contributed by atoms with Gasteiger partial charge < -0.3 is 0 Å². The molecular formula is C15H20O. The molecule has 0 bridgehead atoms. The summed E-state index contributed by atoms with van der Waals surface area (Å²) in [5.74, 6) is 1.32. The van der Waals surface area contributed by atoms with Gasteiger partial charge in [-0.1, -0.05) is 52.0 Å². The third-order valence-corrected chi connectivity index (χ3v) is 4.24. The molecule has 16 heavy (non-hydrogen) atoms. The van der Waals surface area contributed by atoms with E-state index in [9.17, 15) is 4.79 Å². The van der Waals surface area contributed by atoms with Gasteiger partial charge in [0.15, 0.2) is 5.78 Å². The van der Waals surface area contributed by atoms with Crippen molar-refractivity contribution in [1.82, 2.24) is 0 Å². The molecule has 2 rings (SSSR count). The third kappa shape index (κ3) is 1.34. The van der Waals surface area contributed by atoms with Crippen molar-refractivity contribution in [3.05, 3.63) is 35.4 Å². The van der Waals surface area contributed by atoms with Crippen LogP contribution in [0.3, 0.4) is 0 Å². The molecule has 1 aromatic carbocycles. The first-order valence-corrected chi connectivity index (χ1v) is 6.13. The van der Waals surface area contributed by atoms with Crippen molar-refractivity contribution in [2.45, 2.75) is 39.5 Å². The van der Waals surface area contributed by atoms with Crippen molar-refractivity contribution in [1.29, 1.82) is 0 Å². The molecule has 0 N–H and O–H groups in total. The zero-order valence-electron chi connectivity index (χ0n) is 10.6. The predicted molar refractivity (Wildman–Crippen MR) is 66.7 cm³/mol. The highest BCUT2D eigenvalue weighted by atomic mass is 16.1. The normalized spacial score (nSPS) is 18.2. The zero-order chi connectivity index (χ0) is 11.9. The van der Waals surface area contributed by atoms with Crippen LogP contribution in [0.15, 0.2) is 24.3 Å². The third-order valence-electron chi connectivity index (χ3n) is 4.24. The Kier molecular flexibility index (Phi) is 2.65. The van der Waals surface area contributed by atoms with E-state index < -0.39 is 0 Å². The maximum Gasteiger partial charge on any atom is 0.164 e. The lowest BCUT2D eigenvalue weighted by molar-refractivity contribution is 0.0935. The lowest BCUT2D eigenvalue weighted by Gasteiger charge is -2.38. The summed E-state index contributed by atoms with van der Waals surface area (Å²) in [5, 5.41) is 0. The number of rotatable bonds is 2. The summed E-state index contributed by atoms with van der Waals surface area (Å²) >= 11 is 0. The SMILES string of the molecule is CC(C)C1(C(C)C)CC(=O)c2ccccc21. The van der Waals surface area contributed by atoms with Gasteiger partial charge in [0.05, 0.1) is 0 Å². The van der Waals surface area contributed by atoms with Gasteiger partial charge in [-0.15, -0.1) is 0 Å². The first kappa shape index (κ1) is 11.4. The largest absolute Gasteiger partial charge is 0.294 e. The number of fused-ring (bicyclic) bond motifs is 1. The average molecular weight is 216 g/mol. The number of carbonyl (C=O) groups is 1. The topological polar surface area (TPSA) is 17.1 Å². The highest BCUT2D eigenvalue weighted by molar-refractivity contribution is 6.02. The standard InChI is InChI=1S/C15H20O/c1-10(2)15(11(3)4)9-14(16)12-7-5-6-8-13(12)15/h5-8,10-11H,9H2,1-4H3. The summed E-state index contributed by atoms with van der Waals surface area (Å²) in [6.45, 7) is 8.93. The van der Waals surface area contributed by atoms with Gasteiger partial charge >= 0.3 is 0 Å². The van der Waals surface area contributed by atoms with Gasteiger partial charge in [-0.3, -0.25) is 4.79 Å². The molecule has 1 heteroatoms. The molecule has 0 aliphatic heterocycles. The van der Waals surface area contributed by atoms with Crippen molar-refractivity contribution in [2.75, 3.05) is 0 Å². The molecule has 0 atom stereocenters. The van der Waals surface area contributed by atoms with E-state index in [2.05, 4.69) is 39.8 Å². The molecule has 1 aliphatic carbocycles. The monoisotopic (exact) mass is 216 g/mol. The second-order valence-corrected chi connectivity index (χ2v) is 5.50. The van der Waals surface area contributed by atoms with Crippen LogP contribution in [-0.4, -0.2) is 5.78 Å². The van der Waals surface area contributed by atoms with Gasteiger partial charge in [0.25, 0.3) is 0 Å². The highest BCUT2D eigenvalue weighted by Crippen LogP contribution is 2.49. The number of hydrogen-bond donors (Lipinski definition) is 0. The highest BCUT2D eigenvalue weighted by Gasteiger charge is 2.47. The summed E-state index contributed by atoms with van der Waals surface area (Å²) < 4.78 is 0. The number of ketones is 1. The van der Waals surface area contributed by atoms with E-state index in [1.807, 2.05) is 12.1 Å². The minimum Gasteiger partial charge on any atom is -0.294 e. The summed E-state index contributed by atoms with van der Waals surface area (Å²) in [6, 6.07) is 8.13. The lowest BCUT2D eigenvalue weighted by Crippen LogP contribution is -2.35. The number of Topliss-reactive ketones (excluding diaryl/α,β-unsaturated/α-hetero) is 1. The Balaban J connectivity index is 2.64. The van der Waals surface area contributed by atoms with Crippen LogP contribution < -0.4 is 0 Å². The van der Waals surface area contributed by atoms with E-state index in [1.165, 1.54) is 5.56 Å². The first-order valence-electron chi connectivity index (χ1n) is 6.13. The molecule has 0 fully saturated rings. The molecule has 0 unspecified atom stereocenters. The molecule has 0 saturated carbocycles. The smallest absolute Gasteiger partial charge is 0.164 e. The van der Waals surface area contributed by atoms with E-state index in [4.69, 9.17) is 0 Å². The summed E-state index contributed by atoms with van der Waals surface area (Å²) in [5.41, 5.74) is 2.27. The summed E-state index contributed by atoms with van der Waals surface area (Å²) in [4.78, 5) is 12.1. The molecule has 0 heterocycles. The molecule has 86 valence electrons. The van der Waals surface area contributed by atoms with Crippen LogP contribution in [0.25, 0.3) is 0 Å². The van der Waals surface area contributed by atoms with Gasteiger partial charge in [-0.05, 0) is 17.4 Å². The number of benzene rings is 1. The Morgan fingerprint density at radius 3 is 2.19 bits per heavy atom. The van der Waals surface area contributed by atoms with Crippen LogP contribution in [0.4, 0.5) is 0 Å². The molecular weight excluding hydrogens is 196 g/mol. The molecule has 0 radical (unpaired) electrons.